The molecule has 102 valence electrons. The summed E-state index contributed by atoms with van der Waals surface area (Å²) < 4.78 is 37.4. The molecule has 1 rings (SSSR count). The molecule has 0 aliphatic carbocycles. The van der Waals surface area contributed by atoms with Crippen LogP contribution in [0.1, 0.15) is 38.9 Å². The van der Waals surface area contributed by atoms with Crippen LogP contribution in [0, 0.1) is 0 Å². The Bertz CT molecular complexity index is 355. The van der Waals surface area contributed by atoms with Gasteiger partial charge in [-0.1, -0.05) is 30.3 Å². The van der Waals surface area contributed by atoms with Crippen molar-refractivity contribution in [1.82, 2.24) is 0 Å². The first kappa shape index (κ1) is 15.0. The van der Waals surface area contributed by atoms with E-state index in [0.29, 0.717) is 5.56 Å². The smallest absolute Gasteiger partial charge is 0.230 e. The lowest BCUT2D eigenvalue weighted by molar-refractivity contribution is -0.384. The van der Waals surface area contributed by atoms with Crippen molar-refractivity contribution < 1.29 is 22.9 Å². The van der Waals surface area contributed by atoms with Gasteiger partial charge in [0.05, 0.1) is 12.0 Å². The van der Waals surface area contributed by atoms with Gasteiger partial charge in [-0.05, 0) is 26.3 Å². The lowest BCUT2D eigenvalue weighted by Crippen LogP contribution is -2.23. The Morgan fingerprint density at radius 1 is 1.06 bits per heavy atom. The molecule has 0 aliphatic rings. The fourth-order valence-corrected chi connectivity index (χ4v) is 1.29. The van der Waals surface area contributed by atoms with Crippen LogP contribution in [-0.2, 0) is 9.78 Å². The summed E-state index contributed by atoms with van der Waals surface area (Å²) in [5.74, 6) is 0. The zero-order valence-electron chi connectivity index (χ0n) is 10.6. The molecule has 1 unspecified atom stereocenters. The van der Waals surface area contributed by atoms with Gasteiger partial charge < -0.3 is 0 Å². The summed E-state index contributed by atoms with van der Waals surface area (Å²) in [4.78, 5) is 9.94. The molecule has 2 nitrogen and oxygen atoms in total. The molecule has 0 saturated carbocycles. The normalized spacial score (nSPS) is 14.6. The summed E-state index contributed by atoms with van der Waals surface area (Å²) in [7, 11) is 0. The summed E-state index contributed by atoms with van der Waals surface area (Å²) in [6.45, 7) is 5.13. The van der Waals surface area contributed by atoms with E-state index < -0.39 is 24.3 Å². The van der Waals surface area contributed by atoms with Crippen molar-refractivity contribution in [3.8, 4) is 0 Å². The van der Waals surface area contributed by atoms with Gasteiger partial charge in [0.25, 0.3) is 0 Å². The highest BCUT2D eigenvalue weighted by atomic mass is 19.4. The number of hydrogen-bond donors (Lipinski definition) is 0. The Morgan fingerprint density at radius 2 is 1.61 bits per heavy atom. The Hall–Kier alpha value is -1.07. The van der Waals surface area contributed by atoms with E-state index in [9.17, 15) is 13.2 Å². The van der Waals surface area contributed by atoms with E-state index in [4.69, 9.17) is 9.78 Å². The van der Waals surface area contributed by atoms with E-state index in [1.165, 1.54) is 0 Å². The molecule has 0 aliphatic heterocycles. The quantitative estimate of drug-likeness (QED) is 0.590. The minimum Gasteiger partial charge on any atom is -0.230 e. The highest BCUT2D eigenvalue weighted by Crippen LogP contribution is 2.33. The van der Waals surface area contributed by atoms with Crippen LogP contribution in [-0.4, -0.2) is 11.8 Å². The van der Waals surface area contributed by atoms with Gasteiger partial charge in [-0.15, -0.1) is 0 Å². The average Bonchev–Trinajstić information content (AvgIpc) is 2.23. The molecular formula is C13H17F3O2. The van der Waals surface area contributed by atoms with Crippen molar-refractivity contribution in [2.24, 2.45) is 0 Å². The first-order valence-electron chi connectivity index (χ1n) is 5.63. The van der Waals surface area contributed by atoms with Gasteiger partial charge in [-0.25, -0.2) is 9.78 Å². The van der Waals surface area contributed by atoms with E-state index in [-0.39, 0.29) is 0 Å². The lowest BCUT2D eigenvalue weighted by atomic mass is 10.1. The van der Waals surface area contributed by atoms with Crippen LogP contribution in [0.4, 0.5) is 13.2 Å². The van der Waals surface area contributed by atoms with Gasteiger partial charge in [-0.3, -0.25) is 0 Å². The van der Waals surface area contributed by atoms with E-state index in [1.807, 2.05) is 0 Å². The fraction of sp³-hybridized carbons (Fsp3) is 0.538. The molecule has 0 amide bonds. The highest BCUT2D eigenvalue weighted by molar-refractivity contribution is 5.17. The average molecular weight is 262 g/mol. The van der Waals surface area contributed by atoms with Crippen molar-refractivity contribution in [3.63, 3.8) is 0 Å². The molecule has 0 radical (unpaired) electrons. The van der Waals surface area contributed by atoms with E-state index in [1.54, 1.807) is 51.1 Å². The Kier molecular flexibility index (Phi) is 4.76. The van der Waals surface area contributed by atoms with Crippen LogP contribution in [0.2, 0.25) is 0 Å². The standard InChI is InChI=1S/C13H17F3O2/c1-12(2,3)18-17-11(9-13(14,15)16)10-7-5-4-6-8-10/h4-8,11H,9H2,1-3H3. The summed E-state index contributed by atoms with van der Waals surface area (Å²) in [6, 6.07) is 8.24. The van der Waals surface area contributed by atoms with Crippen LogP contribution < -0.4 is 0 Å². The molecule has 0 aromatic heterocycles. The minimum atomic E-state index is -4.30. The molecule has 1 atom stereocenters. The van der Waals surface area contributed by atoms with Crippen LogP contribution in [0.15, 0.2) is 30.3 Å². The van der Waals surface area contributed by atoms with Gasteiger partial charge >= 0.3 is 6.18 Å². The van der Waals surface area contributed by atoms with Crippen LogP contribution in [0.5, 0.6) is 0 Å². The summed E-state index contributed by atoms with van der Waals surface area (Å²) in [5.41, 5.74) is -0.211. The monoisotopic (exact) mass is 262 g/mol. The molecule has 0 N–H and O–H groups in total. The largest absolute Gasteiger partial charge is 0.392 e. The molecule has 18 heavy (non-hydrogen) atoms. The SMILES string of the molecule is CC(C)(C)OOC(CC(F)(F)F)c1ccccc1. The van der Waals surface area contributed by atoms with Crippen molar-refractivity contribution in [2.75, 3.05) is 0 Å². The molecule has 0 saturated heterocycles. The number of rotatable bonds is 4. The van der Waals surface area contributed by atoms with Gasteiger partial charge in [0.2, 0.25) is 0 Å². The Morgan fingerprint density at radius 3 is 2.06 bits per heavy atom. The van der Waals surface area contributed by atoms with Crippen LogP contribution in [0.25, 0.3) is 0 Å². The number of hydrogen-bond acceptors (Lipinski definition) is 2. The van der Waals surface area contributed by atoms with Crippen molar-refractivity contribution >= 4 is 0 Å². The van der Waals surface area contributed by atoms with E-state index in [0.717, 1.165) is 0 Å². The maximum Gasteiger partial charge on any atom is 0.392 e. The molecular weight excluding hydrogens is 245 g/mol. The lowest BCUT2D eigenvalue weighted by Gasteiger charge is -2.24. The van der Waals surface area contributed by atoms with Crippen molar-refractivity contribution in [1.29, 1.82) is 0 Å². The van der Waals surface area contributed by atoms with E-state index >= 15 is 0 Å². The second-order valence-corrected chi connectivity index (χ2v) is 5.01. The third kappa shape index (κ3) is 6.02. The second-order valence-electron chi connectivity index (χ2n) is 5.01. The number of benzene rings is 1. The van der Waals surface area contributed by atoms with Crippen LogP contribution >= 0.6 is 0 Å². The Balaban J connectivity index is 2.76. The van der Waals surface area contributed by atoms with E-state index in [2.05, 4.69) is 0 Å². The zero-order chi connectivity index (χ0) is 13.8. The molecule has 1 aromatic carbocycles. The molecule has 0 fully saturated rings. The second kappa shape index (κ2) is 5.71. The number of alkyl halides is 3. The van der Waals surface area contributed by atoms with Gasteiger partial charge in [0.1, 0.15) is 6.10 Å². The van der Waals surface area contributed by atoms with Gasteiger partial charge in [-0.2, -0.15) is 13.2 Å². The summed E-state index contributed by atoms with van der Waals surface area (Å²) >= 11 is 0. The molecule has 1 aromatic rings. The van der Waals surface area contributed by atoms with Gasteiger partial charge in [0, 0.05) is 0 Å². The van der Waals surface area contributed by atoms with Crippen molar-refractivity contribution in [2.45, 2.75) is 45.1 Å². The third-order valence-corrected chi connectivity index (χ3v) is 2.00. The molecule has 5 heteroatoms. The van der Waals surface area contributed by atoms with Gasteiger partial charge in [0.15, 0.2) is 0 Å². The first-order chi connectivity index (χ1) is 8.17. The topological polar surface area (TPSA) is 18.5 Å². The van der Waals surface area contributed by atoms with Crippen molar-refractivity contribution in [3.05, 3.63) is 35.9 Å². The van der Waals surface area contributed by atoms with Crippen LogP contribution in [0.3, 0.4) is 0 Å². The first-order valence-corrected chi connectivity index (χ1v) is 5.63. The minimum absolute atomic E-state index is 0.444. The maximum absolute atomic E-state index is 12.5. The Labute approximate surface area is 105 Å². The highest BCUT2D eigenvalue weighted by Gasteiger charge is 2.34. The maximum atomic E-state index is 12.5. The predicted octanol–water partition coefficient (Wildman–Crippen LogP) is 4.43. The number of halogens is 3. The third-order valence-electron chi connectivity index (χ3n) is 2.00. The fourth-order valence-electron chi connectivity index (χ4n) is 1.29. The summed E-state index contributed by atoms with van der Waals surface area (Å²) in [5, 5.41) is 0. The molecule has 0 heterocycles. The molecule has 0 spiro atoms. The summed E-state index contributed by atoms with van der Waals surface area (Å²) in [6.07, 6.45) is -6.53. The molecule has 0 bridgehead atoms. The zero-order valence-corrected chi connectivity index (χ0v) is 10.6. The predicted molar refractivity (Wildman–Crippen MR) is 61.8 cm³/mol.